The number of carbonyl (C=O) groups is 4. The van der Waals surface area contributed by atoms with E-state index in [2.05, 4.69) is 0 Å². The average Bonchev–Trinajstić information content (AvgIpc) is 2.61. The zero-order valence-corrected chi connectivity index (χ0v) is 16.9. The molecule has 5 atom stereocenters. The molecule has 0 amide bonds. The van der Waals surface area contributed by atoms with E-state index in [1.807, 2.05) is 0 Å². The minimum atomic E-state index is -1.21. The molecule has 1 saturated heterocycles. The van der Waals surface area contributed by atoms with Gasteiger partial charge in [-0.05, 0) is 6.92 Å². The van der Waals surface area contributed by atoms with Crippen molar-refractivity contribution in [2.45, 2.75) is 58.4 Å². The average molecular weight is 418 g/mol. The van der Waals surface area contributed by atoms with Crippen LogP contribution < -0.4 is 0 Å². The van der Waals surface area contributed by atoms with Crippen LogP contribution in [0.1, 0.15) is 27.7 Å². The molecular formula is C18H26O11. The van der Waals surface area contributed by atoms with Crippen molar-refractivity contribution in [2.75, 3.05) is 20.3 Å². The highest BCUT2D eigenvalue weighted by molar-refractivity contribution is 5.81. The topological polar surface area (TPSA) is 133 Å². The highest BCUT2D eigenvalue weighted by atomic mass is 16.7. The van der Waals surface area contributed by atoms with Crippen molar-refractivity contribution in [1.29, 1.82) is 0 Å². The second-order valence-electron chi connectivity index (χ2n) is 5.89. The summed E-state index contributed by atoms with van der Waals surface area (Å²) in [5.41, 5.74) is 0. The molecule has 0 aromatic rings. The number of rotatable bonds is 9. The van der Waals surface area contributed by atoms with Gasteiger partial charge >= 0.3 is 23.9 Å². The molecule has 164 valence electrons. The molecule has 11 nitrogen and oxygen atoms in total. The molecule has 0 radical (unpaired) electrons. The lowest BCUT2D eigenvalue weighted by atomic mass is 9.98. The third-order valence-corrected chi connectivity index (χ3v) is 3.58. The zero-order valence-electron chi connectivity index (χ0n) is 16.9. The van der Waals surface area contributed by atoms with Gasteiger partial charge in [0, 0.05) is 27.9 Å². The summed E-state index contributed by atoms with van der Waals surface area (Å²) in [6.07, 6.45) is -3.49. The van der Waals surface area contributed by atoms with Crippen molar-refractivity contribution in [1.82, 2.24) is 0 Å². The van der Waals surface area contributed by atoms with Gasteiger partial charge in [0.15, 0.2) is 24.6 Å². The van der Waals surface area contributed by atoms with Gasteiger partial charge in [0.1, 0.15) is 12.7 Å². The zero-order chi connectivity index (χ0) is 22.0. The summed E-state index contributed by atoms with van der Waals surface area (Å²) in [7, 11) is 1.30. The van der Waals surface area contributed by atoms with E-state index in [1.165, 1.54) is 7.11 Å². The Kier molecular flexibility index (Phi) is 10.1. The van der Waals surface area contributed by atoms with Crippen molar-refractivity contribution < 1.29 is 52.3 Å². The van der Waals surface area contributed by atoms with Gasteiger partial charge in [-0.2, -0.15) is 0 Å². The van der Waals surface area contributed by atoms with Crippen LogP contribution in [0.2, 0.25) is 0 Å². The van der Waals surface area contributed by atoms with Crippen molar-refractivity contribution in [3.8, 4) is 0 Å². The van der Waals surface area contributed by atoms with Crippen LogP contribution in [0.25, 0.3) is 0 Å². The lowest BCUT2D eigenvalue weighted by molar-refractivity contribution is -0.302. The molecular weight excluding hydrogens is 392 g/mol. The predicted molar refractivity (Wildman–Crippen MR) is 94.1 cm³/mol. The number of ether oxygens (including phenoxy) is 7. The van der Waals surface area contributed by atoms with Gasteiger partial charge in [0.25, 0.3) is 0 Å². The van der Waals surface area contributed by atoms with Crippen molar-refractivity contribution in [3.63, 3.8) is 0 Å². The fraction of sp³-hybridized carbons (Fsp3) is 0.667. The predicted octanol–water partition coefficient (Wildman–Crippen LogP) is 0.246. The van der Waals surface area contributed by atoms with Crippen LogP contribution >= 0.6 is 0 Å². The third-order valence-electron chi connectivity index (χ3n) is 3.58. The molecule has 1 rings (SSSR count). The second-order valence-corrected chi connectivity index (χ2v) is 5.89. The number of esters is 4. The van der Waals surface area contributed by atoms with Crippen molar-refractivity contribution >= 4 is 23.9 Å². The van der Waals surface area contributed by atoms with Gasteiger partial charge in [-0.3, -0.25) is 14.4 Å². The Labute approximate surface area is 168 Å². The summed E-state index contributed by atoms with van der Waals surface area (Å²) in [5, 5.41) is 0. The smallest absolute Gasteiger partial charge is 0.333 e. The van der Waals surface area contributed by atoms with Crippen LogP contribution in [0, 0.1) is 0 Å². The van der Waals surface area contributed by atoms with Crippen LogP contribution in [0.4, 0.5) is 0 Å². The summed E-state index contributed by atoms with van der Waals surface area (Å²) in [5.74, 6) is -2.65. The van der Waals surface area contributed by atoms with E-state index < -0.39 is 54.6 Å². The third kappa shape index (κ3) is 8.08. The molecule has 0 aliphatic carbocycles. The van der Waals surface area contributed by atoms with Crippen molar-refractivity contribution in [2.24, 2.45) is 0 Å². The monoisotopic (exact) mass is 418 g/mol. The standard InChI is InChI=1S/C18H26O11/c1-6-25-14(22)7-8-24-9-13-15(26-10(2)19)16(27-11(3)20)17(28-12(4)21)18(23-5)29-13/h7-8,13,15-18H,6,9H2,1-5H3/b8-7+/t13-,15-,16+,17-,18+/m1/s1. The van der Waals surface area contributed by atoms with Gasteiger partial charge in [-0.15, -0.1) is 0 Å². The Morgan fingerprint density at radius 2 is 1.45 bits per heavy atom. The molecule has 0 spiro atoms. The first-order valence-corrected chi connectivity index (χ1v) is 8.84. The molecule has 0 unspecified atom stereocenters. The van der Waals surface area contributed by atoms with Crippen molar-refractivity contribution in [3.05, 3.63) is 12.3 Å². The first-order chi connectivity index (χ1) is 13.7. The Bertz CT molecular complexity index is 615. The summed E-state index contributed by atoms with van der Waals surface area (Å²) in [4.78, 5) is 46.0. The lowest BCUT2D eigenvalue weighted by Gasteiger charge is -2.43. The van der Waals surface area contributed by atoms with E-state index >= 15 is 0 Å². The first kappa shape index (κ1) is 24.4. The number of carbonyl (C=O) groups excluding carboxylic acids is 4. The highest BCUT2D eigenvalue weighted by Gasteiger charge is 2.52. The lowest BCUT2D eigenvalue weighted by Crippen LogP contribution is -2.62. The maximum Gasteiger partial charge on any atom is 0.333 e. The molecule has 1 fully saturated rings. The summed E-state index contributed by atoms with van der Waals surface area (Å²) >= 11 is 0. The van der Waals surface area contributed by atoms with Crippen LogP contribution in [0.3, 0.4) is 0 Å². The highest BCUT2D eigenvalue weighted by Crippen LogP contribution is 2.29. The Hall–Kier alpha value is -2.66. The van der Waals surface area contributed by atoms with Gasteiger partial charge in [0.05, 0.1) is 18.9 Å². The Morgan fingerprint density at radius 3 is 1.97 bits per heavy atom. The van der Waals surface area contributed by atoms with Crippen LogP contribution in [0.15, 0.2) is 12.3 Å². The molecule has 1 aliphatic heterocycles. The van der Waals surface area contributed by atoms with Crippen LogP contribution in [-0.4, -0.2) is 74.9 Å². The van der Waals surface area contributed by atoms with Crippen LogP contribution in [0.5, 0.6) is 0 Å². The van der Waals surface area contributed by atoms with E-state index in [-0.39, 0.29) is 13.2 Å². The minimum absolute atomic E-state index is 0.196. The SMILES string of the molecule is CCOC(=O)/C=C/OC[C@H]1O[C@H](OC)[C@H](OC(C)=O)[C@@H](OC(C)=O)[C@@H]1OC(C)=O. The maximum atomic E-state index is 11.6. The number of methoxy groups -OCH3 is 1. The molecule has 0 aromatic carbocycles. The number of hydrogen-bond donors (Lipinski definition) is 0. The second kappa shape index (κ2) is 12.0. The normalized spacial score (nSPS) is 26.4. The Morgan fingerprint density at radius 1 is 0.897 bits per heavy atom. The molecule has 1 heterocycles. The Balaban J connectivity index is 3.05. The first-order valence-electron chi connectivity index (χ1n) is 8.84. The van der Waals surface area contributed by atoms with Gasteiger partial charge in [-0.25, -0.2) is 4.79 Å². The summed E-state index contributed by atoms with van der Waals surface area (Å²) < 4.78 is 36.6. The molecule has 0 N–H and O–H groups in total. The van der Waals surface area contributed by atoms with Crippen LogP contribution in [-0.2, 0) is 52.3 Å². The fourth-order valence-corrected chi connectivity index (χ4v) is 2.62. The molecule has 0 bridgehead atoms. The fourth-order valence-electron chi connectivity index (χ4n) is 2.62. The largest absolute Gasteiger partial charge is 0.498 e. The molecule has 0 aromatic heterocycles. The maximum absolute atomic E-state index is 11.6. The summed E-state index contributed by atoms with van der Waals surface area (Å²) in [6, 6.07) is 0. The van der Waals surface area contributed by atoms with Gasteiger partial charge in [0.2, 0.25) is 0 Å². The van der Waals surface area contributed by atoms with Gasteiger partial charge in [-0.1, -0.05) is 0 Å². The molecule has 1 aliphatic rings. The summed E-state index contributed by atoms with van der Waals surface area (Å²) in [6.45, 7) is 5.14. The molecule has 29 heavy (non-hydrogen) atoms. The van der Waals surface area contributed by atoms with E-state index in [1.54, 1.807) is 6.92 Å². The van der Waals surface area contributed by atoms with E-state index in [0.717, 1.165) is 33.1 Å². The number of hydrogen-bond acceptors (Lipinski definition) is 11. The quantitative estimate of drug-likeness (QED) is 0.221. The van der Waals surface area contributed by atoms with Gasteiger partial charge < -0.3 is 33.2 Å². The minimum Gasteiger partial charge on any atom is -0.498 e. The van der Waals surface area contributed by atoms with E-state index in [4.69, 9.17) is 33.2 Å². The molecule has 11 heteroatoms. The van der Waals surface area contributed by atoms with E-state index in [9.17, 15) is 19.2 Å². The molecule has 0 saturated carbocycles. The van der Waals surface area contributed by atoms with E-state index in [0.29, 0.717) is 0 Å².